The van der Waals surface area contributed by atoms with E-state index in [1.807, 2.05) is 22.8 Å². The Bertz CT molecular complexity index is 819. The summed E-state index contributed by atoms with van der Waals surface area (Å²) in [7, 11) is 1.63. The van der Waals surface area contributed by atoms with E-state index in [2.05, 4.69) is 25.9 Å². The number of imidazole rings is 1. The highest BCUT2D eigenvalue weighted by Crippen LogP contribution is 2.30. The van der Waals surface area contributed by atoms with Crippen molar-refractivity contribution in [3.05, 3.63) is 45.8 Å². The minimum atomic E-state index is 0.275. The van der Waals surface area contributed by atoms with Gasteiger partial charge in [-0.05, 0) is 40.2 Å². The van der Waals surface area contributed by atoms with Crippen molar-refractivity contribution >= 4 is 50.3 Å². The Balaban J connectivity index is 2.25. The van der Waals surface area contributed by atoms with E-state index < -0.39 is 0 Å². The van der Waals surface area contributed by atoms with E-state index in [4.69, 9.17) is 27.9 Å². The van der Waals surface area contributed by atoms with Crippen molar-refractivity contribution in [2.45, 2.75) is 5.88 Å². The Kier molecular flexibility index (Phi) is 4.06. The molecule has 3 aromatic rings. The maximum Gasteiger partial charge on any atom is 0.164 e. The number of pyridine rings is 1. The van der Waals surface area contributed by atoms with Crippen molar-refractivity contribution in [1.29, 1.82) is 0 Å². The lowest BCUT2D eigenvalue weighted by molar-refractivity contribution is 0.412. The number of nitrogens with zero attached hydrogens (tertiary/aromatic N) is 3. The number of aromatic nitrogens is 3. The molecule has 0 aliphatic rings. The Hall–Kier alpha value is -1.30. The van der Waals surface area contributed by atoms with Gasteiger partial charge in [0.15, 0.2) is 5.65 Å². The lowest BCUT2D eigenvalue weighted by Gasteiger charge is -2.10. The molecule has 0 bridgehead atoms. The molecule has 0 amide bonds. The lowest BCUT2D eigenvalue weighted by atomic mass is 10.3. The van der Waals surface area contributed by atoms with Crippen LogP contribution >= 0.6 is 39.1 Å². The molecule has 3 rings (SSSR count). The summed E-state index contributed by atoms with van der Waals surface area (Å²) in [4.78, 5) is 8.84. The fourth-order valence-corrected chi connectivity index (χ4v) is 3.00. The van der Waals surface area contributed by atoms with Crippen LogP contribution in [0.25, 0.3) is 16.9 Å². The number of hydrogen-bond acceptors (Lipinski definition) is 3. The van der Waals surface area contributed by atoms with Crippen LogP contribution in [0.2, 0.25) is 5.02 Å². The first-order valence-electron chi connectivity index (χ1n) is 6.07. The Morgan fingerprint density at radius 1 is 1.33 bits per heavy atom. The Morgan fingerprint density at radius 3 is 2.81 bits per heavy atom. The van der Waals surface area contributed by atoms with Crippen molar-refractivity contribution in [3.8, 4) is 11.4 Å². The minimum absolute atomic E-state index is 0.275. The van der Waals surface area contributed by atoms with Crippen molar-refractivity contribution in [1.82, 2.24) is 14.5 Å². The van der Waals surface area contributed by atoms with E-state index >= 15 is 0 Å². The fraction of sp³-hybridized carbons (Fsp3) is 0.143. The van der Waals surface area contributed by atoms with Crippen LogP contribution in [0.1, 0.15) is 5.82 Å². The predicted octanol–water partition coefficient (Wildman–Crippen LogP) is 4.58. The normalized spacial score (nSPS) is 11.0. The monoisotopic (exact) mass is 385 g/mol. The molecule has 0 aliphatic carbocycles. The molecule has 7 heteroatoms. The minimum Gasteiger partial charge on any atom is -0.496 e. The first-order valence-corrected chi connectivity index (χ1v) is 7.77. The van der Waals surface area contributed by atoms with Gasteiger partial charge in [0.1, 0.15) is 17.1 Å². The summed E-state index contributed by atoms with van der Waals surface area (Å²) in [6.07, 6.45) is 1.60. The summed E-state index contributed by atoms with van der Waals surface area (Å²) in [6.45, 7) is 0. The third-order valence-corrected chi connectivity index (χ3v) is 4.11. The standard InChI is InChI=1S/C14H10BrCl2N3O/c1-21-12-3-2-9(5-10(12)15)20-13(6-16)19-11-4-8(17)7-18-14(11)20/h2-5,7H,6H2,1H3. The second kappa shape index (κ2) is 5.83. The third kappa shape index (κ3) is 2.61. The third-order valence-electron chi connectivity index (χ3n) is 3.05. The van der Waals surface area contributed by atoms with Crippen LogP contribution in [0.4, 0.5) is 0 Å². The molecule has 0 radical (unpaired) electrons. The second-order valence-corrected chi connectivity index (χ2v) is 5.87. The second-order valence-electron chi connectivity index (χ2n) is 4.31. The smallest absolute Gasteiger partial charge is 0.164 e. The fourth-order valence-electron chi connectivity index (χ4n) is 2.14. The number of hydrogen-bond donors (Lipinski definition) is 0. The van der Waals surface area contributed by atoms with E-state index in [9.17, 15) is 0 Å². The van der Waals surface area contributed by atoms with Crippen molar-refractivity contribution in [2.24, 2.45) is 0 Å². The van der Waals surface area contributed by atoms with Crippen molar-refractivity contribution in [3.63, 3.8) is 0 Å². The molecule has 108 valence electrons. The van der Waals surface area contributed by atoms with E-state index in [1.54, 1.807) is 19.4 Å². The maximum absolute atomic E-state index is 6.01. The number of rotatable bonds is 3. The van der Waals surface area contributed by atoms with E-state index in [0.29, 0.717) is 22.0 Å². The highest BCUT2D eigenvalue weighted by molar-refractivity contribution is 9.10. The number of fused-ring (bicyclic) bond motifs is 1. The molecule has 0 saturated heterocycles. The number of alkyl halides is 1. The van der Waals surface area contributed by atoms with Crippen molar-refractivity contribution in [2.75, 3.05) is 7.11 Å². The van der Waals surface area contributed by atoms with Gasteiger partial charge in [-0.15, -0.1) is 11.6 Å². The summed E-state index contributed by atoms with van der Waals surface area (Å²) < 4.78 is 8.00. The van der Waals surface area contributed by atoms with E-state index in [-0.39, 0.29) is 5.88 Å². The molecule has 2 aromatic heterocycles. The van der Waals surface area contributed by atoms with Gasteiger partial charge >= 0.3 is 0 Å². The van der Waals surface area contributed by atoms with Gasteiger partial charge in [0.2, 0.25) is 0 Å². The molecule has 0 aliphatic heterocycles. The van der Waals surface area contributed by atoms with Gasteiger partial charge < -0.3 is 4.74 Å². The molecule has 1 aromatic carbocycles. The quantitative estimate of drug-likeness (QED) is 0.618. The van der Waals surface area contributed by atoms with Gasteiger partial charge in [0.25, 0.3) is 0 Å². The molecule has 0 atom stereocenters. The van der Waals surface area contributed by atoms with Crippen LogP contribution in [0.3, 0.4) is 0 Å². The molecule has 0 N–H and O–H groups in total. The summed E-state index contributed by atoms with van der Waals surface area (Å²) in [5, 5.41) is 0.546. The van der Waals surface area contributed by atoms with E-state index in [1.165, 1.54) is 0 Å². The summed E-state index contributed by atoms with van der Waals surface area (Å²) in [6, 6.07) is 7.51. The van der Waals surface area contributed by atoms with Gasteiger partial charge in [0.05, 0.1) is 28.2 Å². The number of halogens is 3. The van der Waals surface area contributed by atoms with E-state index in [0.717, 1.165) is 15.9 Å². The first kappa shape index (κ1) is 14.6. The number of methoxy groups -OCH3 is 1. The molecular weight excluding hydrogens is 377 g/mol. The molecular formula is C14H10BrCl2N3O. The molecule has 0 saturated carbocycles. The van der Waals surface area contributed by atoms with Crippen molar-refractivity contribution < 1.29 is 4.74 Å². The SMILES string of the molecule is COc1ccc(-n2c(CCl)nc3cc(Cl)cnc32)cc1Br. The van der Waals surface area contributed by atoms with Gasteiger partial charge in [-0.1, -0.05) is 11.6 Å². The largest absolute Gasteiger partial charge is 0.496 e. The zero-order valence-electron chi connectivity index (χ0n) is 11.0. The number of ether oxygens (including phenoxy) is 1. The predicted molar refractivity (Wildman–Crippen MR) is 87.7 cm³/mol. The maximum atomic E-state index is 6.01. The molecule has 0 fully saturated rings. The average molecular weight is 387 g/mol. The van der Waals surface area contributed by atoms with Crippen LogP contribution in [-0.2, 0) is 5.88 Å². The van der Waals surface area contributed by atoms with Crippen LogP contribution in [-0.4, -0.2) is 21.6 Å². The van der Waals surface area contributed by atoms with Crippen LogP contribution in [0, 0.1) is 0 Å². The summed E-state index contributed by atoms with van der Waals surface area (Å²) >= 11 is 15.5. The Labute approximate surface area is 139 Å². The summed E-state index contributed by atoms with van der Waals surface area (Å²) in [5.74, 6) is 1.74. The van der Waals surface area contributed by atoms with Crippen LogP contribution in [0.5, 0.6) is 5.75 Å². The highest BCUT2D eigenvalue weighted by atomic mass is 79.9. The molecule has 0 unspecified atom stereocenters. The first-order chi connectivity index (χ1) is 10.1. The average Bonchev–Trinajstić information content (AvgIpc) is 2.84. The number of benzene rings is 1. The highest BCUT2D eigenvalue weighted by Gasteiger charge is 2.14. The molecule has 4 nitrogen and oxygen atoms in total. The van der Waals surface area contributed by atoms with Gasteiger partial charge in [-0.25, -0.2) is 9.97 Å². The van der Waals surface area contributed by atoms with Crippen LogP contribution < -0.4 is 4.74 Å². The lowest BCUT2D eigenvalue weighted by Crippen LogP contribution is -2.00. The molecule has 2 heterocycles. The zero-order chi connectivity index (χ0) is 15.0. The van der Waals surface area contributed by atoms with Crippen LogP contribution in [0.15, 0.2) is 34.9 Å². The molecule has 21 heavy (non-hydrogen) atoms. The van der Waals surface area contributed by atoms with Gasteiger partial charge in [-0.3, -0.25) is 4.57 Å². The zero-order valence-corrected chi connectivity index (χ0v) is 14.1. The molecule has 0 spiro atoms. The Morgan fingerprint density at radius 2 is 2.14 bits per heavy atom. The van der Waals surface area contributed by atoms with Gasteiger partial charge in [0, 0.05) is 6.20 Å². The topological polar surface area (TPSA) is 39.9 Å². The summed E-state index contributed by atoms with van der Waals surface area (Å²) in [5.41, 5.74) is 2.33. The van der Waals surface area contributed by atoms with Gasteiger partial charge in [-0.2, -0.15) is 0 Å².